The van der Waals surface area contributed by atoms with Crippen LogP contribution in [0.4, 0.5) is 0 Å². The summed E-state index contributed by atoms with van der Waals surface area (Å²) in [6.45, 7) is 23.1. The fourth-order valence-corrected chi connectivity index (χ4v) is 4.63. The second kappa shape index (κ2) is 7.21. The lowest BCUT2D eigenvalue weighted by atomic mass is 10.0. The van der Waals surface area contributed by atoms with Crippen molar-refractivity contribution in [2.24, 2.45) is 0 Å². The molecule has 1 rings (SSSR count). The predicted molar refractivity (Wildman–Crippen MR) is 106 cm³/mol. The first kappa shape index (κ1) is 21.9. The van der Waals surface area contributed by atoms with E-state index >= 15 is 0 Å². The van der Waals surface area contributed by atoms with Crippen molar-refractivity contribution in [1.29, 1.82) is 0 Å². The molecule has 1 aliphatic heterocycles. The van der Waals surface area contributed by atoms with Crippen molar-refractivity contribution in [3.8, 4) is 0 Å². The van der Waals surface area contributed by atoms with Gasteiger partial charge in [-0.25, -0.2) is 0 Å². The zero-order valence-electron chi connectivity index (χ0n) is 17.5. The molecule has 1 fully saturated rings. The molecule has 0 spiro atoms. The van der Waals surface area contributed by atoms with Gasteiger partial charge in [-0.1, -0.05) is 41.5 Å². The van der Waals surface area contributed by atoms with Crippen LogP contribution in [0, 0.1) is 0 Å². The Bertz CT molecular complexity index is 450. The molecule has 1 aliphatic rings. The normalized spacial score (nSPS) is 24.0. The summed E-state index contributed by atoms with van der Waals surface area (Å²) in [6, 6.07) is -0.0329. The van der Waals surface area contributed by atoms with Gasteiger partial charge in [0.15, 0.2) is 16.6 Å². The van der Waals surface area contributed by atoms with Crippen LogP contribution >= 0.6 is 0 Å². The number of amides is 1. The van der Waals surface area contributed by atoms with E-state index in [2.05, 4.69) is 73.0 Å². The van der Waals surface area contributed by atoms with Gasteiger partial charge in [-0.15, -0.1) is 0 Å². The van der Waals surface area contributed by atoms with E-state index in [1.165, 1.54) is 0 Å². The topological polar surface area (TPSA) is 47.6 Å². The van der Waals surface area contributed by atoms with Crippen LogP contribution in [0.1, 0.15) is 54.4 Å². The minimum atomic E-state index is -1.86. The molecule has 0 aromatic carbocycles. The SMILES string of the molecule is CC(C)(C)[Si](C)(C)OC[C@@H]1NC(=O)CC[C@@H]1O[Si](C)(C)C(C)(C)C. The fourth-order valence-electron chi connectivity index (χ4n) is 2.21. The van der Waals surface area contributed by atoms with E-state index in [9.17, 15) is 4.79 Å². The maximum Gasteiger partial charge on any atom is 0.220 e. The Kier molecular flexibility index (Phi) is 6.57. The highest BCUT2D eigenvalue weighted by atomic mass is 28.4. The molecule has 142 valence electrons. The molecule has 1 amide bonds. The lowest BCUT2D eigenvalue weighted by molar-refractivity contribution is -0.126. The quantitative estimate of drug-likeness (QED) is 0.712. The van der Waals surface area contributed by atoms with Crippen molar-refractivity contribution >= 4 is 22.5 Å². The van der Waals surface area contributed by atoms with Gasteiger partial charge in [0.05, 0.1) is 18.8 Å². The van der Waals surface area contributed by atoms with E-state index in [4.69, 9.17) is 8.85 Å². The molecule has 0 aliphatic carbocycles. The number of carbonyl (C=O) groups is 1. The van der Waals surface area contributed by atoms with Crippen LogP contribution in [0.3, 0.4) is 0 Å². The van der Waals surface area contributed by atoms with Crippen LogP contribution in [-0.4, -0.2) is 41.3 Å². The zero-order chi connectivity index (χ0) is 19.0. The molecule has 2 atom stereocenters. The highest BCUT2D eigenvalue weighted by Crippen LogP contribution is 2.39. The first-order chi connectivity index (χ1) is 10.6. The van der Waals surface area contributed by atoms with Crippen LogP contribution in [0.2, 0.25) is 36.3 Å². The second-order valence-electron chi connectivity index (χ2n) is 10.2. The summed E-state index contributed by atoms with van der Waals surface area (Å²) in [5, 5.41) is 3.45. The molecular weight excluding hydrogens is 334 g/mol. The smallest absolute Gasteiger partial charge is 0.220 e. The Morgan fingerprint density at radius 1 is 1.00 bits per heavy atom. The maximum atomic E-state index is 11.9. The Morgan fingerprint density at radius 2 is 1.50 bits per heavy atom. The maximum absolute atomic E-state index is 11.9. The summed E-state index contributed by atoms with van der Waals surface area (Å²) in [4.78, 5) is 11.9. The van der Waals surface area contributed by atoms with Gasteiger partial charge >= 0.3 is 0 Å². The van der Waals surface area contributed by atoms with Gasteiger partial charge in [0, 0.05) is 6.42 Å². The van der Waals surface area contributed by atoms with E-state index in [1.807, 2.05) is 0 Å². The van der Waals surface area contributed by atoms with Crippen molar-refractivity contribution in [2.75, 3.05) is 6.61 Å². The molecule has 0 aromatic heterocycles. The van der Waals surface area contributed by atoms with Gasteiger partial charge < -0.3 is 14.2 Å². The molecule has 1 saturated heterocycles. The average Bonchev–Trinajstić information content (AvgIpc) is 2.36. The summed E-state index contributed by atoms with van der Waals surface area (Å²) in [5.74, 6) is 0.119. The Morgan fingerprint density at radius 3 is 1.96 bits per heavy atom. The number of piperidine rings is 1. The third kappa shape index (κ3) is 5.41. The molecule has 6 heteroatoms. The summed E-state index contributed by atoms with van der Waals surface area (Å²) in [6.07, 6.45) is 1.41. The first-order valence-electron chi connectivity index (χ1n) is 9.18. The summed E-state index contributed by atoms with van der Waals surface area (Å²) in [7, 11) is -3.69. The van der Waals surface area contributed by atoms with Crippen LogP contribution in [0.5, 0.6) is 0 Å². The Balaban J connectivity index is 2.82. The lowest BCUT2D eigenvalue weighted by Crippen LogP contribution is -2.57. The van der Waals surface area contributed by atoms with E-state index in [0.29, 0.717) is 13.0 Å². The van der Waals surface area contributed by atoms with Crippen molar-refractivity contribution in [1.82, 2.24) is 5.32 Å². The minimum Gasteiger partial charge on any atom is -0.415 e. The summed E-state index contributed by atoms with van der Waals surface area (Å²) in [5.41, 5.74) is 0. The van der Waals surface area contributed by atoms with Crippen LogP contribution in [0.15, 0.2) is 0 Å². The van der Waals surface area contributed by atoms with Crippen LogP contribution in [0.25, 0.3) is 0 Å². The van der Waals surface area contributed by atoms with Gasteiger partial charge in [-0.05, 0) is 42.7 Å². The average molecular weight is 374 g/mol. The third-order valence-electron chi connectivity index (χ3n) is 6.13. The number of nitrogens with one attached hydrogen (secondary N) is 1. The largest absolute Gasteiger partial charge is 0.415 e. The van der Waals surface area contributed by atoms with Crippen molar-refractivity contribution in [3.05, 3.63) is 0 Å². The van der Waals surface area contributed by atoms with Crippen LogP contribution < -0.4 is 5.32 Å². The monoisotopic (exact) mass is 373 g/mol. The Hall–Kier alpha value is -0.176. The van der Waals surface area contributed by atoms with E-state index < -0.39 is 16.6 Å². The fraction of sp³-hybridized carbons (Fsp3) is 0.944. The number of hydrogen-bond acceptors (Lipinski definition) is 3. The standard InChI is InChI=1S/C18H39NO3Si2/c1-17(2,3)23(7,8)21-13-14-15(11-12-16(20)19-14)22-24(9,10)18(4,5)6/h14-15H,11-13H2,1-10H3,(H,19,20)/t14-,15-/m0/s1. The number of carbonyl (C=O) groups excluding carboxylic acids is 1. The molecule has 0 unspecified atom stereocenters. The zero-order valence-corrected chi connectivity index (χ0v) is 19.5. The summed E-state index contributed by atoms with van der Waals surface area (Å²) < 4.78 is 13.0. The predicted octanol–water partition coefficient (Wildman–Crippen LogP) is 4.68. The minimum absolute atomic E-state index is 0.0329. The third-order valence-corrected chi connectivity index (χ3v) is 15.1. The van der Waals surface area contributed by atoms with Gasteiger partial charge in [0.25, 0.3) is 0 Å². The molecule has 1 N–H and O–H groups in total. The van der Waals surface area contributed by atoms with Gasteiger partial charge in [0.2, 0.25) is 5.91 Å². The van der Waals surface area contributed by atoms with Crippen molar-refractivity contribution < 1.29 is 13.6 Å². The molecular formula is C18H39NO3Si2. The van der Waals surface area contributed by atoms with Gasteiger partial charge in [-0.3, -0.25) is 4.79 Å². The van der Waals surface area contributed by atoms with Crippen LogP contribution in [-0.2, 0) is 13.6 Å². The van der Waals surface area contributed by atoms with Gasteiger partial charge in [0.1, 0.15) is 0 Å². The van der Waals surface area contributed by atoms with E-state index in [0.717, 1.165) is 6.42 Å². The number of rotatable bonds is 5. The summed E-state index contributed by atoms with van der Waals surface area (Å²) >= 11 is 0. The molecule has 1 heterocycles. The highest BCUT2D eigenvalue weighted by Gasteiger charge is 2.43. The second-order valence-corrected chi connectivity index (χ2v) is 19.8. The van der Waals surface area contributed by atoms with Gasteiger partial charge in [-0.2, -0.15) is 0 Å². The highest BCUT2D eigenvalue weighted by molar-refractivity contribution is 6.74. The molecule has 4 nitrogen and oxygen atoms in total. The molecule has 0 radical (unpaired) electrons. The molecule has 24 heavy (non-hydrogen) atoms. The Labute approximate surface area is 151 Å². The molecule has 0 aromatic rings. The lowest BCUT2D eigenvalue weighted by Gasteiger charge is -2.44. The number of hydrogen-bond donors (Lipinski definition) is 1. The molecule has 0 saturated carbocycles. The van der Waals surface area contributed by atoms with Crippen molar-refractivity contribution in [2.45, 2.75) is 103 Å². The van der Waals surface area contributed by atoms with E-state index in [-0.39, 0.29) is 28.1 Å². The molecule has 0 bridgehead atoms. The van der Waals surface area contributed by atoms with Crippen molar-refractivity contribution in [3.63, 3.8) is 0 Å². The van der Waals surface area contributed by atoms with E-state index in [1.54, 1.807) is 0 Å². The first-order valence-corrected chi connectivity index (χ1v) is 15.0.